The van der Waals surface area contributed by atoms with Gasteiger partial charge in [-0.3, -0.25) is 19.6 Å². The Morgan fingerprint density at radius 1 is 1.17 bits per heavy atom. The molecule has 0 aliphatic rings. The fourth-order valence-electron chi connectivity index (χ4n) is 2.47. The Morgan fingerprint density at radius 2 is 1.83 bits per heavy atom. The molecule has 0 atom stereocenters. The molecule has 0 spiro atoms. The molecule has 0 radical (unpaired) electrons. The zero-order valence-corrected chi connectivity index (χ0v) is 15.9. The van der Waals surface area contributed by atoms with Crippen LogP contribution in [0.5, 0.6) is 11.5 Å². The molecule has 0 unspecified atom stereocenters. The third kappa shape index (κ3) is 4.87. The highest BCUT2D eigenvalue weighted by atomic mass is 35.5. The number of halogens is 4. The Hall–Kier alpha value is -3.60. The minimum absolute atomic E-state index is 0.0304. The van der Waals surface area contributed by atoms with Gasteiger partial charge in [-0.25, -0.2) is 0 Å². The number of nitro benzene ring substituents is 1. The van der Waals surface area contributed by atoms with Gasteiger partial charge in [0.05, 0.1) is 16.7 Å². The van der Waals surface area contributed by atoms with Crippen LogP contribution in [0, 0.1) is 10.1 Å². The SMILES string of the molecule is Cn1nc(C(F)(F)F)cc1C(=O)Nc1cc(Oc2ccc(Cl)cc2)cc([N+](=O)[O-])c1. The van der Waals surface area contributed by atoms with Crippen molar-refractivity contribution in [1.29, 1.82) is 0 Å². The van der Waals surface area contributed by atoms with Crippen LogP contribution in [0.2, 0.25) is 5.02 Å². The fraction of sp³-hybridized carbons (Fsp3) is 0.111. The second kappa shape index (κ2) is 8.03. The van der Waals surface area contributed by atoms with Gasteiger partial charge in [-0.2, -0.15) is 18.3 Å². The lowest BCUT2D eigenvalue weighted by atomic mass is 10.2. The number of carbonyl (C=O) groups is 1. The van der Waals surface area contributed by atoms with Gasteiger partial charge in [0.2, 0.25) is 0 Å². The molecule has 1 N–H and O–H groups in total. The lowest BCUT2D eigenvalue weighted by Crippen LogP contribution is -2.16. The largest absolute Gasteiger partial charge is 0.457 e. The molecule has 1 amide bonds. The van der Waals surface area contributed by atoms with Crippen molar-refractivity contribution in [3.63, 3.8) is 0 Å². The maximum atomic E-state index is 12.8. The summed E-state index contributed by atoms with van der Waals surface area (Å²) >= 11 is 5.79. The Morgan fingerprint density at radius 3 is 2.40 bits per heavy atom. The number of aryl methyl sites for hydroxylation is 1. The topological polar surface area (TPSA) is 99.3 Å². The van der Waals surface area contributed by atoms with Crippen LogP contribution in [0.1, 0.15) is 16.2 Å². The van der Waals surface area contributed by atoms with Gasteiger partial charge in [-0.15, -0.1) is 0 Å². The van der Waals surface area contributed by atoms with E-state index in [4.69, 9.17) is 16.3 Å². The number of amides is 1. The van der Waals surface area contributed by atoms with Gasteiger partial charge in [0.25, 0.3) is 11.6 Å². The van der Waals surface area contributed by atoms with Crippen LogP contribution >= 0.6 is 11.6 Å². The Balaban J connectivity index is 1.89. The molecule has 2 aromatic carbocycles. The van der Waals surface area contributed by atoms with Crippen molar-refractivity contribution < 1.29 is 27.6 Å². The van der Waals surface area contributed by atoms with Crippen LogP contribution in [0.4, 0.5) is 24.5 Å². The zero-order chi connectivity index (χ0) is 22.1. The number of nitrogens with one attached hydrogen (secondary N) is 1. The molecule has 3 aromatic rings. The summed E-state index contributed by atoms with van der Waals surface area (Å²) in [6.07, 6.45) is -4.72. The first-order valence-corrected chi connectivity index (χ1v) is 8.56. The third-order valence-electron chi connectivity index (χ3n) is 3.81. The van der Waals surface area contributed by atoms with E-state index in [-0.39, 0.29) is 17.1 Å². The fourth-order valence-corrected chi connectivity index (χ4v) is 2.60. The molecule has 8 nitrogen and oxygen atoms in total. The molecule has 3 rings (SSSR count). The van der Waals surface area contributed by atoms with Crippen molar-refractivity contribution in [1.82, 2.24) is 9.78 Å². The number of aromatic nitrogens is 2. The van der Waals surface area contributed by atoms with Crippen LogP contribution in [-0.2, 0) is 13.2 Å². The first kappa shape index (κ1) is 21.1. The number of hydrogen-bond donors (Lipinski definition) is 1. The van der Waals surface area contributed by atoms with Crippen molar-refractivity contribution in [2.75, 3.05) is 5.32 Å². The van der Waals surface area contributed by atoms with Crippen LogP contribution < -0.4 is 10.1 Å². The molecule has 1 heterocycles. The summed E-state index contributed by atoms with van der Waals surface area (Å²) in [7, 11) is 1.17. The van der Waals surface area contributed by atoms with Crippen LogP contribution in [-0.4, -0.2) is 20.6 Å². The number of carbonyl (C=O) groups excluding carboxylic acids is 1. The average Bonchev–Trinajstić information content (AvgIpc) is 3.06. The molecular weight excluding hydrogens is 429 g/mol. The normalized spacial score (nSPS) is 11.2. The maximum absolute atomic E-state index is 12.8. The van der Waals surface area contributed by atoms with Crippen molar-refractivity contribution >= 4 is 28.9 Å². The van der Waals surface area contributed by atoms with Crippen LogP contribution in [0.3, 0.4) is 0 Å². The second-order valence-corrected chi connectivity index (χ2v) is 6.46. The van der Waals surface area contributed by atoms with E-state index in [0.717, 1.165) is 16.8 Å². The van der Waals surface area contributed by atoms with E-state index in [2.05, 4.69) is 10.4 Å². The zero-order valence-electron chi connectivity index (χ0n) is 15.1. The van der Waals surface area contributed by atoms with E-state index >= 15 is 0 Å². The second-order valence-electron chi connectivity index (χ2n) is 6.02. The van der Waals surface area contributed by atoms with E-state index in [1.807, 2.05) is 0 Å². The molecule has 1 aromatic heterocycles. The number of anilines is 1. The summed E-state index contributed by atoms with van der Waals surface area (Å²) in [6.45, 7) is 0. The molecule has 0 aliphatic carbocycles. The van der Waals surface area contributed by atoms with E-state index in [1.54, 1.807) is 12.1 Å². The van der Waals surface area contributed by atoms with Crippen molar-refractivity contribution in [3.05, 3.63) is 75.1 Å². The molecule has 0 aliphatic heterocycles. The van der Waals surface area contributed by atoms with E-state index in [1.165, 1.54) is 25.2 Å². The number of rotatable bonds is 5. The van der Waals surface area contributed by atoms with Gasteiger partial charge in [0.1, 0.15) is 17.2 Å². The summed E-state index contributed by atoms with van der Waals surface area (Å²) in [6, 6.07) is 10.2. The molecule has 0 saturated carbocycles. The highest BCUT2D eigenvalue weighted by Crippen LogP contribution is 2.31. The highest BCUT2D eigenvalue weighted by Gasteiger charge is 2.35. The minimum Gasteiger partial charge on any atom is -0.457 e. The monoisotopic (exact) mass is 440 g/mol. The molecule has 0 saturated heterocycles. The molecule has 12 heteroatoms. The quantitative estimate of drug-likeness (QED) is 0.442. The Labute approximate surface area is 172 Å². The number of hydrogen-bond acceptors (Lipinski definition) is 5. The number of nitro groups is 1. The van der Waals surface area contributed by atoms with E-state index in [9.17, 15) is 28.1 Å². The summed E-state index contributed by atoms with van der Waals surface area (Å²) in [5.41, 5.74) is -2.05. The third-order valence-corrected chi connectivity index (χ3v) is 4.06. The maximum Gasteiger partial charge on any atom is 0.435 e. The standard InChI is InChI=1S/C18H12ClF3N4O4/c1-25-15(9-16(24-25)18(20,21)22)17(27)23-11-6-12(26(28)29)8-14(7-11)30-13-4-2-10(19)3-5-13/h2-9H,1H3,(H,23,27). The number of benzene rings is 2. The first-order chi connectivity index (χ1) is 14.0. The highest BCUT2D eigenvalue weighted by molar-refractivity contribution is 6.30. The van der Waals surface area contributed by atoms with Crippen LogP contribution in [0.15, 0.2) is 48.5 Å². The van der Waals surface area contributed by atoms with Gasteiger partial charge < -0.3 is 10.1 Å². The molecule has 0 fully saturated rings. The van der Waals surface area contributed by atoms with Crippen molar-refractivity contribution in [3.8, 4) is 11.5 Å². The lowest BCUT2D eigenvalue weighted by Gasteiger charge is -2.09. The summed E-state index contributed by atoms with van der Waals surface area (Å²) in [4.78, 5) is 22.9. The Kier molecular flexibility index (Phi) is 5.65. The Bertz CT molecular complexity index is 1110. The van der Waals surface area contributed by atoms with Gasteiger partial charge in [0, 0.05) is 30.3 Å². The predicted octanol–water partition coefficient (Wildman–Crippen LogP) is 5.05. The molecule has 156 valence electrons. The van der Waals surface area contributed by atoms with E-state index < -0.39 is 28.4 Å². The van der Waals surface area contributed by atoms with Crippen LogP contribution in [0.25, 0.3) is 0 Å². The average molecular weight is 441 g/mol. The summed E-state index contributed by atoms with van der Waals surface area (Å²) in [5, 5.41) is 17.2. The number of nitrogens with zero attached hydrogens (tertiary/aromatic N) is 3. The van der Waals surface area contributed by atoms with Crippen molar-refractivity contribution in [2.45, 2.75) is 6.18 Å². The lowest BCUT2D eigenvalue weighted by molar-refractivity contribution is -0.384. The smallest absolute Gasteiger partial charge is 0.435 e. The van der Waals surface area contributed by atoms with Gasteiger partial charge >= 0.3 is 6.18 Å². The number of alkyl halides is 3. The minimum atomic E-state index is -4.72. The van der Waals surface area contributed by atoms with Crippen molar-refractivity contribution in [2.24, 2.45) is 7.05 Å². The number of ether oxygens (including phenoxy) is 1. The van der Waals surface area contributed by atoms with E-state index in [0.29, 0.717) is 16.8 Å². The van der Waals surface area contributed by atoms with Gasteiger partial charge in [0.15, 0.2) is 5.69 Å². The summed E-state index contributed by atoms with van der Waals surface area (Å²) in [5.74, 6) is -0.570. The first-order valence-electron chi connectivity index (χ1n) is 8.18. The van der Waals surface area contributed by atoms with Gasteiger partial charge in [-0.05, 0) is 24.3 Å². The molecule has 30 heavy (non-hydrogen) atoms. The number of non-ortho nitro benzene ring substituents is 1. The van der Waals surface area contributed by atoms with Gasteiger partial charge in [-0.1, -0.05) is 11.6 Å². The molecular formula is C18H12ClF3N4O4. The summed E-state index contributed by atoms with van der Waals surface area (Å²) < 4.78 is 44.7. The molecule has 0 bridgehead atoms. The predicted molar refractivity (Wildman–Crippen MR) is 101 cm³/mol.